The van der Waals surface area contributed by atoms with Gasteiger partial charge in [0.1, 0.15) is 6.17 Å². The maximum Gasteiger partial charge on any atom is 0.260 e. The molecule has 2 aliphatic heterocycles. The molecule has 2 aromatic carbocycles. The van der Waals surface area contributed by atoms with Gasteiger partial charge in [0.05, 0.1) is 17.8 Å². The van der Waals surface area contributed by atoms with Crippen LogP contribution < -0.4 is 10.2 Å². The van der Waals surface area contributed by atoms with Gasteiger partial charge in [0, 0.05) is 43.0 Å². The summed E-state index contributed by atoms with van der Waals surface area (Å²) in [6.45, 7) is 1.24. The van der Waals surface area contributed by atoms with E-state index in [2.05, 4.69) is 10.4 Å². The number of hydrogen-bond donors (Lipinski definition) is 1. The normalized spacial score (nSPS) is 16.7. The molecule has 3 amide bonds. The number of carbonyl (C=O) groups is 3. The molecule has 8 nitrogen and oxygen atoms in total. The van der Waals surface area contributed by atoms with Crippen molar-refractivity contribution in [3.63, 3.8) is 0 Å². The Morgan fingerprint density at radius 1 is 0.935 bits per heavy atom. The van der Waals surface area contributed by atoms with E-state index >= 15 is 0 Å². The molecular formula is C23H21N5O3. The van der Waals surface area contributed by atoms with Crippen LogP contribution in [0.15, 0.2) is 67.0 Å². The standard InChI is InChI=1S/C23H21N5O3/c29-20(24-12-15-26-13-5-11-25-26)10-14-27-21-16-6-1-2-7-17(16)23(31)28(21)19-9-4-3-8-18(19)22(27)30/h1-9,11,13,21H,10,12,14-15H2,(H,24,29)/t21-/m1/s1. The SMILES string of the molecule is O=C(CCN1C(=O)c2ccccc2N2C(=O)c3ccccc3[C@H]12)NCCn1cccn1. The molecule has 0 bridgehead atoms. The summed E-state index contributed by atoms with van der Waals surface area (Å²) in [5, 5.41) is 6.97. The van der Waals surface area contributed by atoms with Crippen LogP contribution in [0.1, 0.15) is 38.9 Å². The second-order valence-electron chi connectivity index (χ2n) is 7.52. The zero-order valence-electron chi connectivity index (χ0n) is 16.8. The summed E-state index contributed by atoms with van der Waals surface area (Å²) in [7, 11) is 0. The average molecular weight is 415 g/mol. The lowest BCUT2D eigenvalue weighted by atomic mass is 10.0. The van der Waals surface area contributed by atoms with E-state index in [1.807, 2.05) is 36.5 Å². The van der Waals surface area contributed by atoms with Gasteiger partial charge in [-0.15, -0.1) is 0 Å². The molecule has 156 valence electrons. The molecule has 0 aliphatic carbocycles. The Morgan fingerprint density at radius 3 is 2.52 bits per heavy atom. The Balaban J connectivity index is 1.36. The van der Waals surface area contributed by atoms with Crippen LogP contribution in [-0.4, -0.2) is 45.5 Å². The van der Waals surface area contributed by atoms with E-state index in [1.54, 1.807) is 44.9 Å². The summed E-state index contributed by atoms with van der Waals surface area (Å²) in [6.07, 6.45) is 3.13. The smallest absolute Gasteiger partial charge is 0.260 e. The second-order valence-corrected chi connectivity index (χ2v) is 7.52. The molecule has 0 saturated carbocycles. The van der Waals surface area contributed by atoms with Gasteiger partial charge in [-0.2, -0.15) is 5.10 Å². The molecular weight excluding hydrogens is 394 g/mol. The van der Waals surface area contributed by atoms with Gasteiger partial charge in [-0.05, 0) is 24.3 Å². The van der Waals surface area contributed by atoms with Crippen LogP contribution in [0.3, 0.4) is 0 Å². The number of rotatable bonds is 6. The summed E-state index contributed by atoms with van der Waals surface area (Å²) in [5.74, 6) is -0.456. The summed E-state index contributed by atoms with van der Waals surface area (Å²) < 4.78 is 1.74. The van der Waals surface area contributed by atoms with E-state index in [4.69, 9.17) is 0 Å². The fourth-order valence-electron chi connectivity index (χ4n) is 4.25. The van der Waals surface area contributed by atoms with Gasteiger partial charge in [0.2, 0.25) is 5.91 Å². The first-order valence-corrected chi connectivity index (χ1v) is 10.2. The maximum absolute atomic E-state index is 13.3. The third kappa shape index (κ3) is 3.26. The Hall–Kier alpha value is -3.94. The fourth-order valence-corrected chi connectivity index (χ4v) is 4.25. The highest BCUT2D eigenvalue weighted by atomic mass is 16.2. The van der Waals surface area contributed by atoms with E-state index < -0.39 is 6.17 Å². The minimum Gasteiger partial charge on any atom is -0.354 e. The quantitative estimate of drug-likeness (QED) is 0.669. The Kier molecular flexibility index (Phi) is 4.74. The van der Waals surface area contributed by atoms with Crippen LogP contribution in [-0.2, 0) is 11.3 Å². The van der Waals surface area contributed by atoms with E-state index in [0.29, 0.717) is 29.9 Å². The van der Waals surface area contributed by atoms with Gasteiger partial charge in [0.25, 0.3) is 11.8 Å². The van der Waals surface area contributed by atoms with Crippen LogP contribution in [0.25, 0.3) is 0 Å². The van der Waals surface area contributed by atoms with Crippen molar-refractivity contribution >= 4 is 23.4 Å². The first-order chi connectivity index (χ1) is 15.1. The molecule has 31 heavy (non-hydrogen) atoms. The third-order valence-electron chi connectivity index (χ3n) is 5.68. The number of amides is 3. The number of carbonyl (C=O) groups excluding carboxylic acids is 3. The van der Waals surface area contributed by atoms with E-state index in [9.17, 15) is 14.4 Å². The molecule has 5 rings (SSSR count). The predicted molar refractivity (Wildman–Crippen MR) is 113 cm³/mol. The van der Waals surface area contributed by atoms with Crippen molar-refractivity contribution in [1.82, 2.24) is 20.0 Å². The van der Waals surface area contributed by atoms with Crippen molar-refractivity contribution in [2.24, 2.45) is 0 Å². The first-order valence-electron chi connectivity index (χ1n) is 10.2. The number of nitrogens with one attached hydrogen (secondary N) is 1. The highest BCUT2D eigenvalue weighted by Gasteiger charge is 2.47. The van der Waals surface area contributed by atoms with Crippen LogP contribution in [0.2, 0.25) is 0 Å². The van der Waals surface area contributed by atoms with Gasteiger partial charge in [-0.1, -0.05) is 30.3 Å². The molecule has 0 spiro atoms. The Morgan fingerprint density at radius 2 is 1.71 bits per heavy atom. The molecule has 3 aromatic rings. The monoisotopic (exact) mass is 415 g/mol. The second kappa shape index (κ2) is 7.71. The molecule has 0 radical (unpaired) electrons. The van der Waals surface area contributed by atoms with E-state index in [-0.39, 0.29) is 30.7 Å². The van der Waals surface area contributed by atoms with E-state index in [0.717, 1.165) is 5.56 Å². The summed E-state index contributed by atoms with van der Waals surface area (Å²) >= 11 is 0. The van der Waals surface area contributed by atoms with Crippen molar-refractivity contribution in [3.05, 3.63) is 83.7 Å². The molecule has 1 N–H and O–H groups in total. The van der Waals surface area contributed by atoms with Crippen molar-refractivity contribution < 1.29 is 14.4 Å². The van der Waals surface area contributed by atoms with Gasteiger partial charge in [-0.25, -0.2) is 0 Å². The van der Waals surface area contributed by atoms with Gasteiger partial charge in [-0.3, -0.25) is 24.0 Å². The number of hydrogen-bond acceptors (Lipinski definition) is 4. The molecule has 1 atom stereocenters. The maximum atomic E-state index is 13.3. The molecule has 0 fully saturated rings. The van der Waals surface area contributed by atoms with Crippen molar-refractivity contribution in [2.45, 2.75) is 19.1 Å². The van der Waals surface area contributed by atoms with Gasteiger partial charge < -0.3 is 10.2 Å². The number of para-hydroxylation sites is 1. The topological polar surface area (TPSA) is 87.5 Å². The minimum atomic E-state index is -0.539. The van der Waals surface area contributed by atoms with Crippen molar-refractivity contribution in [3.8, 4) is 0 Å². The number of nitrogens with zero attached hydrogens (tertiary/aromatic N) is 4. The lowest BCUT2D eigenvalue weighted by Gasteiger charge is -2.40. The predicted octanol–water partition coefficient (Wildman–Crippen LogP) is 2.20. The third-order valence-corrected chi connectivity index (χ3v) is 5.68. The zero-order chi connectivity index (χ0) is 21.4. The van der Waals surface area contributed by atoms with Crippen LogP contribution in [0, 0.1) is 0 Å². The first kappa shape index (κ1) is 19.0. The summed E-state index contributed by atoms with van der Waals surface area (Å²) in [4.78, 5) is 42.1. The van der Waals surface area contributed by atoms with Crippen LogP contribution >= 0.6 is 0 Å². The number of anilines is 1. The molecule has 1 aromatic heterocycles. The summed E-state index contributed by atoms with van der Waals surface area (Å²) in [6, 6.07) is 16.3. The summed E-state index contributed by atoms with van der Waals surface area (Å²) in [5.41, 5.74) is 2.46. The van der Waals surface area contributed by atoms with Gasteiger partial charge in [0.15, 0.2) is 0 Å². The molecule has 0 saturated heterocycles. The highest BCUT2D eigenvalue weighted by molar-refractivity contribution is 6.16. The van der Waals surface area contributed by atoms with Crippen LogP contribution in [0.5, 0.6) is 0 Å². The van der Waals surface area contributed by atoms with Gasteiger partial charge >= 0.3 is 0 Å². The van der Waals surface area contributed by atoms with Crippen molar-refractivity contribution in [1.29, 1.82) is 0 Å². The molecule has 0 unspecified atom stereocenters. The van der Waals surface area contributed by atoms with E-state index in [1.165, 1.54) is 0 Å². The fraction of sp³-hybridized carbons (Fsp3) is 0.217. The highest BCUT2D eigenvalue weighted by Crippen LogP contribution is 2.45. The number of aromatic nitrogens is 2. The molecule has 3 heterocycles. The molecule has 2 aliphatic rings. The Bertz CT molecular complexity index is 1160. The number of fused-ring (bicyclic) bond motifs is 5. The average Bonchev–Trinajstić information content (AvgIpc) is 3.41. The zero-order valence-corrected chi connectivity index (χ0v) is 16.8. The number of benzene rings is 2. The minimum absolute atomic E-state index is 0.130. The molecule has 8 heteroatoms. The lowest BCUT2D eigenvalue weighted by Crippen LogP contribution is -2.49. The van der Waals surface area contributed by atoms with Crippen LogP contribution in [0.4, 0.5) is 5.69 Å². The largest absolute Gasteiger partial charge is 0.354 e. The van der Waals surface area contributed by atoms with Crippen molar-refractivity contribution in [2.75, 3.05) is 18.0 Å². The lowest BCUT2D eigenvalue weighted by molar-refractivity contribution is -0.121. The Labute approximate surface area is 179 Å².